The highest BCUT2D eigenvalue weighted by Gasteiger charge is 2.27. The number of hydrogen-bond donors (Lipinski definition) is 3. The summed E-state index contributed by atoms with van der Waals surface area (Å²) in [5.74, 6) is -0.332. The topological polar surface area (TPSA) is 114 Å². The van der Waals surface area contributed by atoms with E-state index >= 15 is 0 Å². The van der Waals surface area contributed by atoms with Crippen LogP contribution in [0.2, 0.25) is 0 Å². The third-order valence-electron chi connectivity index (χ3n) is 8.18. The number of hydrogen-bond acceptors (Lipinski definition) is 6. The minimum Gasteiger partial charge on any atom is -0.489 e. The highest BCUT2D eigenvalue weighted by Crippen LogP contribution is 2.28. The molecule has 1 aliphatic carbocycles. The van der Waals surface area contributed by atoms with E-state index in [-0.39, 0.29) is 49.9 Å². The lowest BCUT2D eigenvalue weighted by Gasteiger charge is -2.28. The molecule has 0 aliphatic heterocycles. The molecule has 3 atom stereocenters. The summed E-state index contributed by atoms with van der Waals surface area (Å²) < 4.78 is 11.3. The van der Waals surface area contributed by atoms with Gasteiger partial charge in [-0.3, -0.25) is 14.4 Å². The molecule has 244 valence electrons. The summed E-state index contributed by atoms with van der Waals surface area (Å²) in [5, 5.41) is 16.0. The van der Waals surface area contributed by atoms with E-state index in [1.54, 1.807) is 12.2 Å². The van der Waals surface area contributed by atoms with Crippen molar-refractivity contribution in [2.45, 2.75) is 89.3 Å². The Morgan fingerprint density at radius 1 is 0.911 bits per heavy atom. The lowest BCUT2D eigenvalue weighted by atomic mass is 9.84. The van der Waals surface area contributed by atoms with Gasteiger partial charge in [-0.25, -0.2) is 0 Å². The fraction of sp³-hybridized carbons (Fsp3) is 0.486. The molecule has 2 aromatic rings. The van der Waals surface area contributed by atoms with Gasteiger partial charge in [0, 0.05) is 12.8 Å². The molecule has 2 amide bonds. The minimum absolute atomic E-state index is 0.0457. The average molecular weight is 619 g/mol. The molecule has 0 radical (unpaired) electrons. The fourth-order valence-electron chi connectivity index (χ4n) is 5.70. The minimum atomic E-state index is -0.631. The van der Waals surface area contributed by atoms with Gasteiger partial charge in [0.2, 0.25) is 11.8 Å². The number of aliphatic hydroxyl groups is 1. The summed E-state index contributed by atoms with van der Waals surface area (Å²) in [7, 11) is 0. The van der Waals surface area contributed by atoms with Crippen molar-refractivity contribution in [1.29, 1.82) is 0 Å². The zero-order valence-corrected chi connectivity index (χ0v) is 26.5. The Morgan fingerprint density at radius 3 is 2.31 bits per heavy atom. The maximum absolute atomic E-state index is 13.4. The summed E-state index contributed by atoms with van der Waals surface area (Å²) in [6.07, 6.45) is 11.3. The van der Waals surface area contributed by atoms with Crippen LogP contribution in [-0.2, 0) is 32.1 Å². The van der Waals surface area contributed by atoms with E-state index < -0.39 is 12.0 Å². The van der Waals surface area contributed by atoms with Gasteiger partial charge in [-0.2, -0.15) is 0 Å². The van der Waals surface area contributed by atoms with Crippen molar-refractivity contribution in [3.05, 3.63) is 91.0 Å². The molecule has 8 heteroatoms. The first-order chi connectivity index (χ1) is 21.9. The van der Waals surface area contributed by atoms with Crippen LogP contribution in [0.1, 0.15) is 75.3 Å². The SMILES string of the molecule is C=CCCC(=O)OC[C@H](CC1CCCCC1)NC(=O)[C@H](CC=C)CC(=O)N[C@H](CO)Cc1ccc(OCc2ccccc2)cc1. The van der Waals surface area contributed by atoms with E-state index in [0.29, 0.717) is 31.8 Å². The van der Waals surface area contributed by atoms with Crippen molar-refractivity contribution >= 4 is 17.8 Å². The Balaban J connectivity index is 1.53. The van der Waals surface area contributed by atoms with Crippen LogP contribution < -0.4 is 15.4 Å². The zero-order valence-electron chi connectivity index (χ0n) is 26.5. The van der Waals surface area contributed by atoms with Gasteiger partial charge < -0.3 is 25.2 Å². The number of ether oxygens (including phenoxy) is 2. The van der Waals surface area contributed by atoms with Crippen molar-refractivity contribution < 1.29 is 29.0 Å². The number of benzene rings is 2. The van der Waals surface area contributed by atoms with Crippen molar-refractivity contribution in [2.24, 2.45) is 11.8 Å². The van der Waals surface area contributed by atoms with Gasteiger partial charge in [-0.1, -0.05) is 86.7 Å². The molecule has 0 saturated heterocycles. The monoisotopic (exact) mass is 618 g/mol. The molecule has 3 rings (SSSR count). The average Bonchev–Trinajstić information content (AvgIpc) is 3.06. The second kappa shape index (κ2) is 20.2. The summed E-state index contributed by atoms with van der Waals surface area (Å²) in [4.78, 5) is 38.6. The first-order valence-electron chi connectivity index (χ1n) is 16.2. The van der Waals surface area contributed by atoms with Crippen molar-refractivity contribution in [1.82, 2.24) is 10.6 Å². The molecule has 45 heavy (non-hydrogen) atoms. The number of amides is 2. The number of aliphatic hydroxyl groups excluding tert-OH is 1. The molecule has 2 aromatic carbocycles. The zero-order chi connectivity index (χ0) is 32.3. The highest BCUT2D eigenvalue weighted by atomic mass is 16.5. The molecule has 0 heterocycles. The van der Waals surface area contributed by atoms with E-state index in [1.807, 2.05) is 54.6 Å². The number of esters is 1. The van der Waals surface area contributed by atoms with Gasteiger partial charge in [0.15, 0.2) is 0 Å². The van der Waals surface area contributed by atoms with Crippen LogP contribution in [0.4, 0.5) is 0 Å². The predicted molar refractivity (Wildman–Crippen MR) is 176 cm³/mol. The number of rotatable bonds is 20. The molecule has 8 nitrogen and oxygen atoms in total. The molecule has 3 N–H and O–H groups in total. The molecule has 0 aromatic heterocycles. The second-order valence-electron chi connectivity index (χ2n) is 12.0. The standard InChI is InChI=1S/C37H50N2O6/c1-3-5-17-36(42)45-27-33(23-28-13-8-6-9-14-28)39-37(43)31(12-4-2)24-35(41)38-32(25-40)22-29-18-20-34(21-19-29)44-26-30-15-10-7-11-16-30/h3-4,7,10-11,15-16,18-21,28,31-33,40H,1-2,5-6,8-9,12-14,17,22-27H2,(H,38,41)(H,39,43)/t31-,32+,33+/m1/s1. The van der Waals surface area contributed by atoms with Gasteiger partial charge in [-0.05, 0) is 54.9 Å². The number of nitrogens with one attached hydrogen (secondary N) is 2. The molecule has 1 fully saturated rings. The maximum atomic E-state index is 13.4. The van der Waals surface area contributed by atoms with Crippen LogP contribution in [-0.4, -0.2) is 48.2 Å². The number of allylic oxidation sites excluding steroid dienone is 2. The highest BCUT2D eigenvalue weighted by molar-refractivity contribution is 5.86. The molecule has 1 saturated carbocycles. The van der Waals surface area contributed by atoms with Crippen molar-refractivity contribution in [2.75, 3.05) is 13.2 Å². The van der Waals surface area contributed by atoms with Crippen LogP contribution >= 0.6 is 0 Å². The second-order valence-corrected chi connectivity index (χ2v) is 12.0. The Bertz CT molecular complexity index is 1190. The first kappa shape index (κ1) is 35.6. The summed E-state index contributed by atoms with van der Waals surface area (Å²) in [6, 6.07) is 16.7. The van der Waals surface area contributed by atoms with Gasteiger partial charge in [0.25, 0.3) is 0 Å². The van der Waals surface area contributed by atoms with Crippen molar-refractivity contribution in [3.63, 3.8) is 0 Å². The Hall–Kier alpha value is -3.91. The van der Waals surface area contributed by atoms with Crippen molar-refractivity contribution in [3.8, 4) is 5.75 Å². The van der Waals surface area contributed by atoms with Crippen LogP contribution in [0.25, 0.3) is 0 Å². The van der Waals surface area contributed by atoms with Crippen LogP contribution in [0, 0.1) is 11.8 Å². The fourth-order valence-corrected chi connectivity index (χ4v) is 5.70. The molecular weight excluding hydrogens is 568 g/mol. The van der Waals surface area contributed by atoms with Crippen LogP contribution in [0.3, 0.4) is 0 Å². The van der Waals surface area contributed by atoms with Gasteiger partial charge >= 0.3 is 5.97 Å². The lowest BCUT2D eigenvalue weighted by Crippen LogP contribution is -2.45. The van der Waals surface area contributed by atoms with E-state index in [9.17, 15) is 19.5 Å². The van der Waals surface area contributed by atoms with Crippen LogP contribution in [0.5, 0.6) is 5.75 Å². The van der Waals surface area contributed by atoms with Gasteiger partial charge in [0.1, 0.15) is 19.0 Å². The van der Waals surface area contributed by atoms with E-state index in [4.69, 9.17) is 9.47 Å². The Labute approximate surface area is 268 Å². The molecule has 0 spiro atoms. The third kappa shape index (κ3) is 13.7. The largest absolute Gasteiger partial charge is 0.489 e. The quantitative estimate of drug-likeness (QED) is 0.127. The number of carbonyl (C=O) groups excluding carboxylic acids is 3. The first-order valence-corrected chi connectivity index (χ1v) is 16.2. The Kier molecular flexibility index (Phi) is 16.0. The van der Waals surface area contributed by atoms with Gasteiger partial charge in [-0.15, -0.1) is 13.2 Å². The summed E-state index contributed by atoms with van der Waals surface area (Å²) >= 11 is 0. The summed E-state index contributed by atoms with van der Waals surface area (Å²) in [5.41, 5.74) is 2.02. The molecule has 1 aliphatic rings. The molecular formula is C37H50N2O6. The lowest BCUT2D eigenvalue weighted by molar-refractivity contribution is -0.145. The van der Waals surface area contributed by atoms with E-state index in [1.165, 1.54) is 19.3 Å². The molecule has 0 unspecified atom stereocenters. The van der Waals surface area contributed by atoms with Gasteiger partial charge in [0.05, 0.1) is 24.6 Å². The summed E-state index contributed by atoms with van der Waals surface area (Å²) in [6.45, 7) is 7.76. The predicted octanol–water partition coefficient (Wildman–Crippen LogP) is 5.83. The van der Waals surface area contributed by atoms with E-state index in [2.05, 4.69) is 23.8 Å². The Morgan fingerprint density at radius 2 is 1.64 bits per heavy atom. The number of carbonyl (C=O) groups is 3. The third-order valence-corrected chi connectivity index (χ3v) is 8.18. The normalized spacial score (nSPS) is 15.2. The van der Waals surface area contributed by atoms with E-state index in [0.717, 1.165) is 36.1 Å². The maximum Gasteiger partial charge on any atom is 0.306 e. The van der Waals surface area contributed by atoms with Crippen LogP contribution in [0.15, 0.2) is 79.9 Å². The smallest absolute Gasteiger partial charge is 0.306 e. The molecule has 0 bridgehead atoms.